The SMILES string of the molecule is CCCN(C(=O)c1cc(Br)c(Br)s1)C1CCNCC1. The Morgan fingerprint density at radius 2 is 2.16 bits per heavy atom. The quantitative estimate of drug-likeness (QED) is 0.818. The zero-order chi connectivity index (χ0) is 13.8. The highest BCUT2D eigenvalue weighted by Crippen LogP contribution is 2.33. The summed E-state index contributed by atoms with van der Waals surface area (Å²) in [6.07, 6.45) is 3.11. The van der Waals surface area contributed by atoms with E-state index in [-0.39, 0.29) is 5.91 Å². The van der Waals surface area contributed by atoms with E-state index in [2.05, 4.69) is 49.0 Å². The van der Waals surface area contributed by atoms with Gasteiger partial charge in [0.1, 0.15) is 0 Å². The summed E-state index contributed by atoms with van der Waals surface area (Å²) in [6.45, 7) is 4.99. The molecule has 1 aromatic rings. The van der Waals surface area contributed by atoms with Crippen molar-refractivity contribution in [2.24, 2.45) is 0 Å². The fourth-order valence-corrected chi connectivity index (χ4v) is 4.39. The molecule has 0 atom stereocenters. The second kappa shape index (κ2) is 7.20. The third-order valence-electron chi connectivity index (χ3n) is 3.33. The van der Waals surface area contributed by atoms with Crippen LogP contribution in [-0.4, -0.2) is 36.5 Å². The Kier molecular flexibility index (Phi) is 5.87. The van der Waals surface area contributed by atoms with E-state index in [1.54, 1.807) is 0 Å². The molecule has 3 nitrogen and oxygen atoms in total. The van der Waals surface area contributed by atoms with E-state index in [9.17, 15) is 4.79 Å². The number of nitrogens with one attached hydrogen (secondary N) is 1. The molecule has 0 aromatic carbocycles. The van der Waals surface area contributed by atoms with E-state index < -0.39 is 0 Å². The maximum Gasteiger partial charge on any atom is 0.264 e. The standard InChI is InChI=1S/C13H18Br2N2OS/c1-2-7-17(9-3-5-16-6-4-9)13(18)11-8-10(14)12(15)19-11/h8-9,16H,2-7H2,1H3. The predicted octanol–water partition coefficient (Wildman–Crippen LogP) is 3.88. The number of hydrogen-bond acceptors (Lipinski definition) is 3. The van der Waals surface area contributed by atoms with Gasteiger partial charge in [0.05, 0.1) is 8.66 Å². The average molecular weight is 410 g/mol. The van der Waals surface area contributed by atoms with E-state index in [1.807, 2.05) is 6.07 Å². The summed E-state index contributed by atoms with van der Waals surface area (Å²) >= 11 is 8.41. The topological polar surface area (TPSA) is 32.3 Å². The average Bonchev–Trinajstić information content (AvgIpc) is 2.76. The summed E-state index contributed by atoms with van der Waals surface area (Å²) in [6, 6.07) is 2.30. The van der Waals surface area contributed by atoms with Crippen LogP contribution < -0.4 is 5.32 Å². The molecule has 1 amide bonds. The molecule has 0 saturated carbocycles. The Labute approximate surface area is 135 Å². The third kappa shape index (κ3) is 3.80. The van der Waals surface area contributed by atoms with Crippen LogP contribution in [0.4, 0.5) is 0 Å². The van der Waals surface area contributed by atoms with E-state index in [4.69, 9.17) is 0 Å². The van der Waals surface area contributed by atoms with Gasteiger partial charge in [0, 0.05) is 17.1 Å². The lowest BCUT2D eigenvalue weighted by molar-refractivity contribution is 0.0647. The molecule has 1 aliphatic rings. The minimum atomic E-state index is 0.171. The smallest absolute Gasteiger partial charge is 0.264 e. The molecule has 1 aromatic heterocycles. The van der Waals surface area contributed by atoms with Crippen LogP contribution in [0.5, 0.6) is 0 Å². The van der Waals surface area contributed by atoms with Gasteiger partial charge in [0.15, 0.2) is 0 Å². The van der Waals surface area contributed by atoms with E-state index in [0.717, 1.165) is 52.0 Å². The van der Waals surface area contributed by atoms with Crippen LogP contribution in [0.25, 0.3) is 0 Å². The van der Waals surface area contributed by atoms with Gasteiger partial charge in [-0.1, -0.05) is 6.92 Å². The van der Waals surface area contributed by atoms with Crippen molar-refractivity contribution in [3.8, 4) is 0 Å². The zero-order valence-electron chi connectivity index (χ0n) is 10.9. The summed E-state index contributed by atoms with van der Waals surface area (Å²) in [5.41, 5.74) is 0. The second-order valence-corrected chi connectivity index (χ2v) is 7.94. The second-order valence-electron chi connectivity index (χ2n) is 4.71. The Bertz CT molecular complexity index is 424. The largest absolute Gasteiger partial charge is 0.335 e. The van der Waals surface area contributed by atoms with Crippen molar-refractivity contribution < 1.29 is 4.79 Å². The van der Waals surface area contributed by atoms with Crippen molar-refractivity contribution >= 4 is 49.1 Å². The summed E-state index contributed by atoms with van der Waals surface area (Å²) in [5, 5.41) is 3.35. The van der Waals surface area contributed by atoms with Gasteiger partial charge in [-0.2, -0.15) is 0 Å². The number of rotatable bonds is 4. The van der Waals surface area contributed by atoms with E-state index in [1.165, 1.54) is 11.3 Å². The van der Waals surface area contributed by atoms with Crippen LogP contribution in [0.15, 0.2) is 14.3 Å². The Hall–Kier alpha value is 0.0900. The number of halogens is 2. The normalized spacial score (nSPS) is 16.6. The number of hydrogen-bond donors (Lipinski definition) is 1. The highest BCUT2D eigenvalue weighted by atomic mass is 79.9. The molecule has 19 heavy (non-hydrogen) atoms. The highest BCUT2D eigenvalue weighted by molar-refractivity contribution is 9.13. The van der Waals surface area contributed by atoms with Gasteiger partial charge in [-0.3, -0.25) is 4.79 Å². The van der Waals surface area contributed by atoms with Gasteiger partial charge < -0.3 is 10.2 Å². The first kappa shape index (κ1) is 15.5. The molecule has 0 unspecified atom stereocenters. The van der Waals surface area contributed by atoms with Gasteiger partial charge in [-0.15, -0.1) is 11.3 Å². The lowest BCUT2D eigenvalue weighted by atomic mass is 10.0. The molecular weight excluding hydrogens is 392 g/mol. The fourth-order valence-electron chi connectivity index (χ4n) is 2.40. The monoisotopic (exact) mass is 408 g/mol. The van der Waals surface area contributed by atoms with Crippen molar-refractivity contribution in [1.82, 2.24) is 10.2 Å². The van der Waals surface area contributed by atoms with Gasteiger partial charge in [0.25, 0.3) is 5.91 Å². The molecule has 6 heteroatoms. The van der Waals surface area contributed by atoms with Crippen LogP contribution >= 0.6 is 43.2 Å². The van der Waals surface area contributed by atoms with Crippen molar-refractivity contribution in [3.63, 3.8) is 0 Å². The minimum absolute atomic E-state index is 0.171. The Morgan fingerprint density at radius 3 is 2.68 bits per heavy atom. The Morgan fingerprint density at radius 1 is 1.47 bits per heavy atom. The van der Waals surface area contributed by atoms with E-state index in [0.29, 0.717) is 6.04 Å². The molecular formula is C13H18Br2N2OS. The van der Waals surface area contributed by atoms with Crippen LogP contribution in [0, 0.1) is 0 Å². The van der Waals surface area contributed by atoms with Gasteiger partial charge in [-0.05, 0) is 70.3 Å². The zero-order valence-corrected chi connectivity index (χ0v) is 14.9. The van der Waals surface area contributed by atoms with Crippen LogP contribution in [0.3, 0.4) is 0 Å². The fraction of sp³-hybridized carbons (Fsp3) is 0.615. The Balaban J connectivity index is 2.15. The van der Waals surface area contributed by atoms with Crippen molar-refractivity contribution in [3.05, 3.63) is 19.2 Å². The number of amides is 1. The molecule has 1 saturated heterocycles. The molecule has 2 rings (SSSR count). The number of carbonyl (C=O) groups excluding carboxylic acids is 1. The van der Waals surface area contributed by atoms with Crippen molar-refractivity contribution in [1.29, 1.82) is 0 Å². The molecule has 106 valence electrons. The molecule has 0 aliphatic carbocycles. The number of piperidine rings is 1. The summed E-state index contributed by atoms with van der Waals surface area (Å²) in [7, 11) is 0. The molecule has 0 bridgehead atoms. The maximum absolute atomic E-state index is 12.7. The van der Waals surface area contributed by atoms with Crippen molar-refractivity contribution in [2.45, 2.75) is 32.2 Å². The van der Waals surface area contributed by atoms with Crippen LogP contribution in [0.1, 0.15) is 35.9 Å². The minimum Gasteiger partial charge on any atom is -0.335 e. The maximum atomic E-state index is 12.7. The molecule has 1 fully saturated rings. The molecule has 0 spiro atoms. The number of nitrogens with zero attached hydrogens (tertiary/aromatic N) is 1. The molecule has 1 aliphatic heterocycles. The van der Waals surface area contributed by atoms with Gasteiger partial charge in [-0.25, -0.2) is 0 Å². The molecule has 0 radical (unpaired) electrons. The van der Waals surface area contributed by atoms with Crippen molar-refractivity contribution in [2.75, 3.05) is 19.6 Å². The first-order chi connectivity index (χ1) is 9.13. The first-order valence-electron chi connectivity index (χ1n) is 6.60. The summed E-state index contributed by atoms with van der Waals surface area (Å²) < 4.78 is 1.94. The third-order valence-corrected chi connectivity index (χ3v) is 6.57. The van der Waals surface area contributed by atoms with Gasteiger partial charge >= 0.3 is 0 Å². The number of carbonyl (C=O) groups is 1. The summed E-state index contributed by atoms with van der Waals surface area (Å²) in [5.74, 6) is 0.171. The summed E-state index contributed by atoms with van der Waals surface area (Å²) in [4.78, 5) is 15.5. The lowest BCUT2D eigenvalue weighted by Gasteiger charge is -2.34. The highest BCUT2D eigenvalue weighted by Gasteiger charge is 2.26. The molecule has 1 N–H and O–H groups in total. The number of thiophene rings is 1. The van der Waals surface area contributed by atoms with E-state index >= 15 is 0 Å². The van der Waals surface area contributed by atoms with Crippen LogP contribution in [0.2, 0.25) is 0 Å². The molecule has 2 heterocycles. The van der Waals surface area contributed by atoms with Crippen LogP contribution in [-0.2, 0) is 0 Å². The van der Waals surface area contributed by atoms with Gasteiger partial charge in [0.2, 0.25) is 0 Å². The first-order valence-corrected chi connectivity index (χ1v) is 9.00. The predicted molar refractivity (Wildman–Crippen MR) is 86.9 cm³/mol. The lowest BCUT2D eigenvalue weighted by Crippen LogP contribution is -2.46.